The largest absolute Gasteiger partial charge is 2.00 e. The van der Waals surface area contributed by atoms with Crippen molar-refractivity contribution >= 4 is 45.0 Å². The van der Waals surface area contributed by atoms with Gasteiger partial charge in [-0.05, 0) is 0 Å². The van der Waals surface area contributed by atoms with Gasteiger partial charge in [0, 0.05) is 0 Å². The van der Waals surface area contributed by atoms with Crippen LogP contribution in [0.25, 0.3) is 0 Å². The van der Waals surface area contributed by atoms with Crippen molar-refractivity contribution in [3.63, 3.8) is 0 Å². The Labute approximate surface area is 198 Å². The van der Waals surface area contributed by atoms with Crippen LogP contribution in [0.15, 0.2) is 0 Å². The number of rotatable bonds is 14. The van der Waals surface area contributed by atoms with E-state index in [0.717, 1.165) is 6.86 Å². The first-order valence-electron chi connectivity index (χ1n) is 10.9. The van der Waals surface area contributed by atoms with Crippen molar-refractivity contribution in [1.29, 1.82) is 0 Å². The van der Waals surface area contributed by atoms with Crippen molar-refractivity contribution in [1.82, 2.24) is 0 Å². The minimum absolute atomic E-state index is 0. The average molecular weight is 596 g/mol. The Hall–Kier alpha value is 1.48. The molecule has 0 aromatic rings. The molecule has 0 N–H and O–H groups in total. The van der Waals surface area contributed by atoms with Gasteiger partial charge in [-0.25, -0.2) is 0 Å². The molecule has 0 amide bonds. The van der Waals surface area contributed by atoms with Crippen molar-refractivity contribution < 1.29 is 16.4 Å². The molecule has 0 aromatic heterocycles. The SMILES string of the molecule is CCCC[C]([Sn+3])(CC)CCCC.CCCC[C]([Sn+3])(CC)CCCC.[O-2].[O-2].[O-2]. The monoisotopic (exact) mass is 598 g/mol. The van der Waals surface area contributed by atoms with Gasteiger partial charge in [0.15, 0.2) is 0 Å². The molecule has 0 unspecified atom stereocenters. The summed E-state index contributed by atoms with van der Waals surface area (Å²) in [5.74, 6) is 0. The van der Waals surface area contributed by atoms with E-state index in [1.807, 2.05) is 0 Å². The first-order valence-corrected chi connectivity index (χ1v) is 13.7. The van der Waals surface area contributed by atoms with Crippen LogP contribution in [0.4, 0.5) is 0 Å². The number of hydrogen-bond acceptors (Lipinski definition) is 0. The molecule has 3 nitrogen and oxygen atoms in total. The summed E-state index contributed by atoms with van der Waals surface area (Å²) in [4.78, 5) is 0. The first kappa shape index (κ1) is 39.0. The Morgan fingerprint density at radius 2 is 0.630 bits per heavy atom. The second-order valence-corrected chi connectivity index (χ2v) is 13.7. The summed E-state index contributed by atoms with van der Waals surface area (Å²) in [6.07, 6.45) is 19.9. The van der Waals surface area contributed by atoms with Crippen molar-refractivity contribution in [2.45, 2.75) is 138 Å². The van der Waals surface area contributed by atoms with Crippen LogP contribution >= 0.6 is 0 Å². The van der Waals surface area contributed by atoms with E-state index in [9.17, 15) is 0 Å². The van der Waals surface area contributed by atoms with Crippen LogP contribution < -0.4 is 0 Å². The fraction of sp³-hybridized carbons (Fsp3) is 1.00. The molecule has 0 aliphatic heterocycles. The van der Waals surface area contributed by atoms with Gasteiger partial charge in [0.25, 0.3) is 0 Å². The summed E-state index contributed by atoms with van der Waals surface area (Å²) in [7, 11) is 0. The van der Waals surface area contributed by atoms with Gasteiger partial charge in [0.2, 0.25) is 0 Å². The molecular formula is C22H46O3Sn2. The molecule has 0 saturated heterocycles. The summed E-state index contributed by atoms with van der Waals surface area (Å²) >= 11 is 3.54. The minimum atomic E-state index is 0. The summed E-state index contributed by atoms with van der Waals surface area (Å²) in [5.41, 5.74) is 0. The second-order valence-electron chi connectivity index (χ2n) is 7.68. The maximum atomic E-state index is 2.36. The van der Waals surface area contributed by atoms with Crippen LogP contribution in [0.5, 0.6) is 0 Å². The third-order valence-electron chi connectivity index (χ3n) is 5.39. The molecular weight excluding hydrogens is 550 g/mol. The normalized spacial score (nSPS) is 10.7. The van der Waals surface area contributed by atoms with Crippen molar-refractivity contribution in [3.8, 4) is 0 Å². The van der Waals surface area contributed by atoms with E-state index in [4.69, 9.17) is 0 Å². The average Bonchev–Trinajstić information content (AvgIpc) is 2.62. The van der Waals surface area contributed by atoms with Gasteiger partial charge in [-0.1, -0.05) is 0 Å². The van der Waals surface area contributed by atoms with E-state index in [-0.39, 0.29) is 16.4 Å². The Morgan fingerprint density at radius 3 is 0.741 bits per heavy atom. The Bertz CT molecular complexity index is 222. The second kappa shape index (κ2) is 25.5. The van der Waals surface area contributed by atoms with Crippen LogP contribution in [-0.4, -0.2) is 45.0 Å². The van der Waals surface area contributed by atoms with Crippen molar-refractivity contribution in [2.24, 2.45) is 0 Å². The molecule has 0 aliphatic carbocycles. The fourth-order valence-corrected chi connectivity index (χ4v) is 5.04. The predicted molar refractivity (Wildman–Crippen MR) is 118 cm³/mol. The molecule has 0 saturated carbocycles. The van der Waals surface area contributed by atoms with E-state index < -0.39 is 0 Å². The Kier molecular flexibility index (Phi) is 36.9. The van der Waals surface area contributed by atoms with Crippen LogP contribution in [0, 0.1) is 0 Å². The fourth-order valence-electron chi connectivity index (χ4n) is 3.02. The molecule has 0 aromatic carbocycles. The maximum absolute atomic E-state index is 2.36. The van der Waals surface area contributed by atoms with Gasteiger partial charge >= 0.3 is 183 Å². The van der Waals surface area contributed by atoms with Gasteiger partial charge in [-0.15, -0.1) is 0 Å². The van der Waals surface area contributed by atoms with E-state index in [1.54, 1.807) is 45.0 Å². The van der Waals surface area contributed by atoms with Crippen LogP contribution in [-0.2, 0) is 16.4 Å². The third-order valence-corrected chi connectivity index (χ3v) is 10.3. The molecule has 0 bridgehead atoms. The van der Waals surface area contributed by atoms with E-state index in [0.29, 0.717) is 0 Å². The van der Waals surface area contributed by atoms with E-state index >= 15 is 0 Å². The summed E-state index contributed by atoms with van der Waals surface area (Å²) in [5, 5.41) is 0. The zero-order chi connectivity index (χ0) is 18.9. The molecule has 0 heterocycles. The minimum Gasteiger partial charge on any atom is -2.00 e. The zero-order valence-electron chi connectivity index (χ0n) is 19.1. The molecule has 27 heavy (non-hydrogen) atoms. The molecule has 0 atom stereocenters. The summed E-state index contributed by atoms with van der Waals surface area (Å²) < 4.78 is 1.47. The summed E-state index contributed by atoms with van der Waals surface area (Å²) in [6, 6.07) is 0. The topological polar surface area (TPSA) is 85.5 Å². The molecule has 0 radical (unpaired) electrons. The molecule has 0 spiro atoms. The maximum Gasteiger partial charge on any atom is -2.00 e. The molecule has 0 rings (SSSR count). The smallest absolute Gasteiger partial charge is 2.00 e. The summed E-state index contributed by atoms with van der Waals surface area (Å²) in [6.45, 7) is 13.9. The third kappa shape index (κ3) is 23.6. The van der Waals surface area contributed by atoms with Gasteiger partial charge in [0.1, 0.15) is 0 Å². The Morgan fingerprint density at radius 1 is 0.444 bits per heavy atom. The first-order chi connectivity index (χ1) is 11.4. The van der Waals surface area contributed by atoms with Crippen LogP contribution in [0.3, 0.4) is 0 Å². The number of hydrogen-bond donors (Lipinski definition) is 0. The molecule has 0 fully saturated rings. The van der Waals surface area contributed by atoms with Crippen LogP contribution in [0.2, 0.25) is 6.86 Å². The van der Waals surface area contributed by atoms with E-state index in [1.165, 1.54) is 89.9 Å². The van der Waals surface area contributed by atoms with Gasteiger partial charge in [0.05, 0.1) is 0 Å². The van der Waals surface area contributed by atoms with Gasteiger partial charge in [-0.3, -0.25) is 0 Å². The zero-order valence-corrected chi connectivity index (χ0v) is 24.8. The molecule has 0 aliphatic rings. The van der Waals surface area contributed by atoms with E-state index in [2.05, 4.69) is 41.5 Å². The van der Waals surface area contributed by atoms with Crippen molar-refractivity contribution in [2.75, 3.05) is 0 Å². The number of unbranched alkanes of at least 4 members (excludes halogenated alkanes) is 4. The standard InChI is InChI=1S/2C11H23.3O.2Sn/c2*1-4-7-9-11(6-3)10-8-5-2;;;;;/h2*4-10H2,1-3H3;;;;;/q;;3*-2;2*+3. The predicted octanol–water partition coefficient (Wildman–Crippen LogP) is 7.85. The molecule has 5 heteroatoms. The quantitative estimate of drug-likeness (QED) is 0.183. The molecule has 160 valence electrons. The Balaban J connectivity index is -0.000000108. The van der Waals surface area contributed by atoms with Gasteiger partial charge < -0.3 is 16.4 Å². The van der Waals surface area contributed by atoms with Crippen LogP contribution in [0.1, 0.15) is 131 Å². The van der Waals surface area contributed by atoms with Gasteiger partial charge in [-0.2, -0.15) is 0 Å². The van der Waals surface area contributed by atoms with Crippen molar-refractivity contribution in [3.05, 3.63) is 0 Å².